The first-order chi connectivity index (χ1) is 5.46. The Morgan fingerprint density at radius 2 is 1.92 bits per heavy atom. The minimum atomic E-state index is -4.48. The van der Waals surface area contributed by atoms with Gasteiger partial charge in [0.1, 0.15) is 6.67 Å². The number of rotatable bonds is 5. The molecule has 0 aliphatic carbocycles. The molecule has 0 saturated heterocycles. The van der Waals surface area contributed by atoms with Crippen LogP contribution in [-0.2, 0) is 4.74 Å². The van der Waals surface area contributed by atoms with E-state index < -0.39 is 25.1 Å². The molecule has 0 heterocycles. The summed E-state index contributed by atoms with van der Waals surface area (Å²) < 4.78 is 63.1. The van der Waals surface area contributed by atoms with Crippen molar-refractivity contribution in [1.82, 2.24) is 0 Å². The average molecular weight is 190 g/mol. The maximum atomic E-state index is 12.2. The van der Waals surface area contributed by atoms with Crippen LogP contribution in [-0.4, -0.2) is 25.1 Å². The van der Waals surface area contributed by atoms with E-state index in [2.05, 4.69) is 11.3 Å². The molecule has 1 unspecified atom stereocenters. The van der Waals surface area contributed by atoms with E-state index in [0.29, 0.717) is 6.26 Å². The molecule has 0 spiro atoms. The first-order valence-corrected chi connectivity index (χ1v) is 2.95. The molecule has 0 aromatic heterocycles. The van der Waals surface area contributed by atoms with Gasteiger partial charge in [-0.3, -0.25) is 0 Å². The van der Waals surface area contributed by atoms with Gasteiger partial charge in [0.15, 0.2) is 6.10 Å². The van der Waals surface area contributed by atoms with Crippen LogP contribution in [0.4, 0.5) is 22.0 Å². The van der Waals surface area contributed by atoms with Crippen molar-refractivity contribution in [1.29, 1.82) is 0 Å². The largest absolute Gasteiger partial charge is 0.489 e. The molecule has 1 atom stereocenters. The summed E-state index contributed by atoms with van der Waals surface area (Å²) >= 11 is 0. The highest BCUT2D eigenvalue weighted by Crippen LogP contribution is 2.29. The van der Waals surface area contributed by atoms with Crippen molar-refractivity contribution >= 4 is 0 Å². The summed E-state index contributed by atoms with van der Waals surface area (Å²) in [5, 5.41) is 0. The summed E-state index contributed by atoms with van der Waals surface area (Å²) in [5.41, 5.74) is 0. The van der Waals surface area contributed by atoms with Crippen molar-refractivity contribution < 1.29 is 26.7 Å². The average Bonchev–Trinajstić information content (AvgIpc) is 1.99. The summed E-state index contributed by atoms with van der Waals surface area (Å²) in [6.45, 7) is 1.16. The SMILES string of the molecule is C=COC(CF)C(F)(F)C(F)F. The fraction of sp³-hybridized carbons (Fsp3) is 0.667. The van der Waals surface area contributed by atoms with E-state index in [1.807, 2.05) is 0 Å². The van der Waals surface area contributed by atoms with Crippen LogP contribution in [0, 0.1) is 0 Å². The summed E-state index contributed by atoms with van der Waals surface area (Å²) in [7, 11) is 0. The van der Waals surface area contributed by atoms with E-state index in [9.17, 15) is 22.0 Å². The molecule has 0 aliphatic heterocycles. The van der Waals surface area contributed by atoms with Crippen LogP contribution in [0.2, 0.25) is 0 Å². The smallest absolute Gasteiger partial charge is 0.345 e. The van der Waals surface area contributed by atoms with Crippen LogP contribution in [0.5, 0.6) is 0 Å². The molecule has 0 saturated carbocycles. The molecular formula is C6H7F5O. The molecule has 0 N–H and O–H groups in total. The predicted molar refractivity (Wildman–Crippen MR) is 32.0 cm³/mol. The molecule has 0 fully saturated rings. The third kappa shape index (κ3) is 2.35. The highest BCUT2D eigenvalue weighted by molar-refractivity contribution is 4.81. The molecule has 0 amide bonds. The van der Waals surface area contributed by atoms with Crippen LogP contribution >= 0.6 is 0 Å². The van der Waals surface area contributed by atoms with Gasteiger partial charge in [-0.25, -0.2) is 13.2 Å². The summed E-state index contributed by atoms with van der Waals surface area (Å²) in [5.74, 6) is -4.48. The number of alkyl halides is 5. The Morgan fingerprint density at radius 1 is 1.42 bits per heavy atom. The summed E-state index contributed by atoms with van der Waals surface area (Å²) in [6, 6.07) is 0. The third-order valence-electron chi connectivity index (χ3n) is 1.12. The van der Waals surface area contributed by atoms with Gasteiger partial charge in [0.05, 0.1) is 6.26 Å². The second kappa shape index (κ2) is 4.27. The van der Waals surface area contributed by atoms with Crippen molar-refractivity contribution in [3.05, 3.63) is 12.8 Å². The zero-order valence-electron chi connectivity index (χ0n) is 5.94. The summed E-state index contributed by atoms with van der Waals surface area (Å²) in [6.07, 6.45) is -5.91. The van der Waals surface area contributed by atoms with Crippen molar-refractivity contribution in [3.63, 3.8) is 0 Å². The lowest BCUT2D eigenvalue weighted by atomic mass is 10.2. The van der Waals surface area contributed by atoms with E-state index in [0.717, 1.165) is 0 Å². The van der Waals surface area contributed by atoms with E-state index >= 15 is 0 Å². The minimum Gasteiger partial charge on any atom is -0.489 e. The lowest BCUT2D eigenvalue weighted by Gasteiger charge is -2.22. The van der Waals surface area contributed by atoms with E-state index in [-0.39, 0.29) is 0 Å². The van der Waals surface area contributed by atoms with Crippen molar-refractivity contribution in [2.45, 2.75) is 18.5 Å². The monoisotopic (exact) mass is 190 g/mol. The zero-order valence-corrected chi connectivity index (χ0v) is 5.94. The van der Waals surface area contributed by atoms with Gasteiger partial charge in [-0.05, 0) is 0 Å². The number of hydrogen-bond acceptors (Lipinski definition) is 1. The van der Waals surface area contributed by atoms with Gasteiger partial charge in [0.25, 0.3) is 0 Å². The molecule has 0 aromatic carbocycles. The molecular weight excluding hydrogens is 183 g/mol. The van der Waals surface area contributed by atoms with Gasteiger partial charge in [0, 0.05) is 0 Å². The number of halogens is 5. The number of hydrogen-bond donors (Lipinski definition) is 0. The van der Waals surface area contributed by atoms with E-state index in [4.69, 9.17) is 0 Å². The van der Waals surface area contributed by atoms with E-state index in [1.54, 1.807) is 0 Å². The topological polar surface area (TPSA) is 9.23 Å². The molecule has 6 heteroatoms. The molecule has 0 bridgehead atoms. The maximum absolute atomic E-state index is 12.2. The van der Waals surface area contributed by atoms with Crippen LogP contribution in [0.15, 0.2) is 12.8 Å². The molecule has 0 radical (unpaired) electrons. The normalized spacial score (nSPS) is 14.5. The molecule has 0 aromatic rings. The number of ether oxygens (including phenoxy) is 1. The van der Waals surface area contributed by atoms with Gasteiger partial charge in [-0.1, -0.05) is 6.58 Å². The van der Waals surface area contributed by atoms with E-state index in [1.165, 1.54) is 0 Å². The van der Waals surface area contributed by atoms with Gasteiger partial charge in [-0.2, -0.15) is 8.78 Å². The Labute approximate surface area is 65.8 Å². The Hall–Kier alpha value is -0.810. The lowest BCUT2D eigenvalue weighted by molar-refractivity contribution is -0.196. The van der Waals surface area contributed by atoms with Crippen LogP contribution < -0.4 is 0 Å². The molecule has 72 valence electrons. The predicted octanol–water partition coefficient (Wildman–Crippen LogP) is 2.39. The Balaban J connectivity index is 4.35. The highest BCUT2D eigenvalue weighted by atomic mass is 19.3. The highest BCUT2D eigenvalue weighted by Gasteiger charge is 2.50. The second-order valence-electron chi connectivity index (χ2n) is 1.92. The van der Waals surface area contributed by atoms with Crippen molar-refractivity contribution in [2.24, 2.45) is 0 Å². The second-order valence-corrected chi connectivity index (χ2v) is 1.92. The zero-order chi connectivity index (χ0) is 9.78. The molecule has 12 heavy (non-hydrogen) atoms. The Bertz CT molecular complexity index is 147. The van der Waals surface area contributed by atoms with Crippen LogP contribution in [0.1, 0.15) is 0 Å². The van der Waals surface area contributed by atoms with Crippen molar-refractivity contribution in [2.75, 3.05) is 6.67 Å². The van der Waals surface area contributed by atoms with Gasteiger partial charge >= 0.3 is 12.3 Å². The minimum absolute atomic E-state index is 0.501. The fourth-order valence-electron chi connectivity index (χ4n) is 0.487. The quantitative estimate of drug-likeness (QED) is 0.477. The van der Waals surface area contributed by atoms with Crippen LogP contribution in [0.3, 0.4) is 0 Å². The Morgan fingerprint density at radius 3 is 2.17 bits per heavy atom. The van der Waals surface area contributed by atoms with Crippen LogP contribution in [0.25, 0.3) is 0 Å². The first-order valence-electron chi connectivity index (χ1n) is 2.95. The maximum Gasteiger partial charge on any atom is 0.345 e. The third-order valence-corrected chi connectivity index (χ3v) is 1.12. The van der Waals surface area contributed by atoms with Gasteiger partial charge in [0.2, 0.25) is 0 Å². The summed E-state index contributed by atoms with van der Waals surface area (Å²) in [4.78, 5) is 0. The van der Waals surface area contributed by atoms with Crippen molar-refractivity contribution in [3.8, 4) is 0 Å². The van der Waals surface area contributed by atoms with Gasteiger partial charge < -0.3 is 4.74 Å². The molecule has 0 rings (SSSR count). The molecule has 0 aliphatic rings. The first kappa shape index (κ1) is 11.2. The fourth-order valence-corrected chi connectivity index (χ4v) is 0.487. The Kier molecular flexibility index (Phi) is 3.99. The lowest BCUT2D eigenvalue weighted by Crippen LogP contribution is -2.42. The molecule has 1 nitrogen and oxygen atoms in total. The van der Waals surface area contributed by atoms with Gasteiger partial charge in [-0.15, -0.1) is 0 Å². The standard InChI is InChI=1S/C6H7F5O/c1-2-12-4(3-7)6(10,11)5(8)9/h2,4-5H,1,3H2.